The molecule has 0 aromatic heterocycles. The summed E-state index contributed by atoms with van der Waals surface area (Å²) in [5, 5.41) is 4.22. The second-order valence-electron chi connectivity index (χ2n) is 5.01. The van der Waals surface area contributed by atoms with E-state index in [2.05, 4.69) is 28.2 Å². The first-order chi connectivity index (χ1) is 10.1. The maximum atomic E-state index is 13.4. The van der Waals surface area contributed by atoms with Crippen LogP contribution in [0.5, 0.6) is 0 Å². The van der Waals surface area contributed by atoms with Crippen LogP contribution in [0, 0.1) is 5.82 Å². The fraction of sp³-hybridized carbons (Fsp3) is 0.294. The van der Waals surface area contributed by atoms with E-state index in [4.69, 9.17) is 11.6 Å². The third kappa shape index (κ3) is 4.80. The molecule has 0 aliphatic carbocycles. The van der Waals surface area contributed by atoms with Crippen molar-refractivity contribution in [3.05, 3.63) is 68.9 Å². The van der Waals surface area contributed by atoms with Crippen LogP contribution in [-0.2, 0) is 6.42 Å². The highest BCUT2D eigenvalue weighted by Gasteiger charge is 2.15. The van der Waals surface area contributed by atoms with E-state index >= 15 is 0 Å². The van der Waals surface area contributed by atoms with E-state index in [-0.39, 0.29) is 11.9 Å². The van der Waals surface area contributed by atoms with Gasteiger partial charge < -0.3 is 5.32 Å². The predicted molar refractivity (Wildman–Crippen MR) is 90.3 cm³/mol. The Morgan fingerprint density at radius 1 is 1.24 bits per heavy atom. The van der Waals surface area contributed by atoms with Crippen molar-refractivity contribution in [1.82, 2.24) is 5.32 Å². The van der Waals surface area contributed by atoms with Gasteiger partial charge in [-0.3, -0.25) is 0 Å². The molecule has 112 valence electrons. The molecule has 0 aliphatic rings. The first-order valence-electron chi connectivity index (χ1n) is 7.03. The Morgan fingerprint density at radius 3 is 2.76 bits per heavy atom. The van der Waals surface area contributed by atoms with Gasteiger partial charge >= 0.3 is 0 Å². The second kappa shape index (κ2) is 7.92. The van der Waals surface area contributed by atoms with Gasteiger partial charge in [0.05, 0.1) is 0 Å². The lowest BCUT2D eigenvalue weighted by molar-refractivity contribution is 0.525. The van der Waals surface area contributed by atoms with Gasteiger partial charge in [0.1, 0.15) is 5.82 Å². The van der Waals surface area contributed by atoms with E-state index < -0.39 is 0 Å². The third-order valence-corrected chi connectivity index (χ3v) is 4.26. The molecule has 1 unspecified atom stereocenters. The topological polar surface area (TPSA) is 12.0 Å². The van der Waals surface area contributed by atoms with Gasteiger partial charge in [0.2, 0.25) is 0 Å². The maximum Gasteiger partial charge on any atom is 0.123 e. The lowest BCUT2D eigenvalue weighted by atomic mass is 9.98. The average Bonchev–Trinajstić information content (AvgIpc) is 2.46. The van der Waals surface area contributed by atoms with Crippen LogP contribution in [0.25, 0.3) is 0 Å². The molecule has 1 nitrogen and oxygen atoms in total. The number of hydrogen-bond donors (Lipinski definition) is 1. The highest BCUT2D eigenvalue weighted by atomic mass is 79.9. The summed E-state index contributed by atoms with van der Waals surface area (Å²) in [5.74, 6) is -0.202. The maximum absolute atomic E-state index is 13.4. The van der Waals surface area contributed by atoms with Crippen molar-refractivity contribution < 1.29 is 4.39 Å². The Balaban J connectivity index is 2.27. The molecule has 1 atom stereocenters. The summed E-state index contributed by atoms with van der Waals surface area (Å²) in [5.41, 5.74) is 2.07. The molecule has 1 N–H and O–H groups in total. The minimum absolute atomic E-state index is 0.0971. The van der Waals surface area contributed by atoms with E-state index in [0.717, 1.165) is 35.0 Å². The molecule has 4 heteroatoms. The summed E-state index contributed by atoms with van der Waals surface area (Å²) in [6, 6.07) is 12.6. The second-order valence-corrected chi connectivity index (χ2v) is 6.30. The highest BCUT2D eigenvalue weighted by molar-refractivity contribution is 9.10. The van der Waals surface area contributed by atoms with E-state index in [9.17, 15) is 4.39 Å². The SMILES string of the molecule is CCCNC(Cc1cccc(F)c1)c1cc(Cl)ccc1Br. The molecule has 0 radical (unpaired) electrons. The lowest BCUT2D eigenvalue weighted by Crippen LogP contribution is -2.24. The minimum Gasteiger partial charge on any atom is -0.310 e. The van der Waals surface area contributed by atoms with Gasteiger partial charge in [0.15, 0.2) is 0 Å². The van der Waals surface area contributed by atoms with Crippen LogP contribution in [0.3, 0.4) is 0 Å². The van der Waals surface area contributed by atoms with Gasteiger partial charge in [0, 0.05) is 15.5 Å². The van der Waals surface area contributed by atoms with E-state index in [1.54, 1.807) is 12.1 Å². The van der Waals surface area contributed by atoms with Crippen LogP contribution in [0.4, 0.5) is 4.39 Å². The molecule has 2 aromatic carbocycles. The first kappa shape index (κ1) is 16.5. The summed E-state index contributed by atoms with van der Waals surface area (Å²) in [7, 11) is 0. The molecule has 0 aliphatic heterocycles. The quantitative estimate of drug-likeness (QED) is 0.705. The number of nitrogens with one attached hydrogen (secondary N) is 1. The zero-order valence-corrected chi connectivity index (χ0v) is 14.2. The van der Waals surface area contributed by atoms with Crippen molar-refractivity contribution in [3.8, 4) is 0 Å². The van der Waals surface area contributed by atoms with Crippen LogP contribution >= 0.6 is 27.5 Å². The molecule has 2 aromatic rings. The van der Waals surface area contributed by atoms with Crippen molar-refractivity contribution >= 4 is 27.5 Å². The van der Waals surface area contributed by atoms with Gasteiger partial charge in [-0.1, -0.05) is 46.6 Å². The van der Waals surface area contributed by atoms with Gasteiger partial charge in [-0.05, 0) is 60.8 Å². The smallest absolute Gasteiger partial charge is 0.123 e. The predicted octanol–water partition coefficient (Wildman–Crippen LogP) is 5.53. The lowest BCUT2D eigenvalue weighted by Gasteiger charge is -2.21. The summed E-state index contributed by atoms with van der Waals surface area (Å²) in [4.78, 5) is 0. The van der Waals surface area contributed by atoms with Crippen molar-refractivity contribution in [1.29, 1.82) is 0 Å². The fourth-order valence-electron chi connectivity index (χ4n) is 2.29. The molecular formula is C17H18BrClFN. The van der Waals surface area contributed by atoms with Crippen LogP contribution in [0.1, 0.15) is 30.5 Å². The Labute approximate surface area is 138 Å². The Hall–Kier alpha value is -0.900. The zero-order chi connectivity index (χ0) is 15.2. The standard InChI is InChI=1S/C17H18BrClFN/c1-2-8-21-17(10-12-4-3-5-14(20)9-12)15-11-13(19)6-7-16(15)18/h3-7,9,11,17,21H,2,8,10H2,1H3. The van der Waals surface area contributed by atoms with Crippen LogP contribution in [0.2, 0.25) is 5.02 Å². The Morgan fingerprint density at radius 2 is 2.05 bits per heavy atom. The minimum atomic E-state index is -0.202. The summed E-state index contributed by atoms with van der Waals surface area (Å²) in [6.45, 7) is 3.03. The Kier molecular flexibility index (Phi) is 6.22. The van der Waals surface area contributed by atoms with E-state index in [0.29, 0.717) is 5.02 Å². The van der Waals surface area contributed by atoms with Gasteiger partial charge in [0.25, 0.3) is 0 Å². The molecule has 0 bridgehead atoms. The summed E-state index contributed by atoms with van der Waals surface area (Å²) < 4.78 is 14.4. The van der Waals surface area contributed by atoms with E-state index in [1.807, 2.05) is 24.3 Å². The number of benzene rings is 2. The largest absolute Gasteiger partial charge is 0.310 e. The van der Waals surface area contributed by atoms with Crippen molar-refractivity contribution in [2.24, 2.45) is 0 Å². The third-order valence-electron chi connectivity index (χ3n) is 3.30. The van der Waals surface area contributed by atoms with Crippen LogP contribution in [-0.4, -0.2) is 6.54 Å². The number of rotatable bonds is 6. The molecule has 0 spiro atoms. The number of halogens is 3. The zero-order valence-electron chi connectivity index (χ0n) is 11.9. The normalized spacial score (nSPS) is 12.4. The first-order valence-corrected chi connectivity index (χ1v) is 8.20. The summed E-state index contributed by atoms with van der Waals surface area (Å²) in [6.07, 6.45) is 1.76. The van der Waals surface area contributed by atoms with Crippen LogP contribution < -0.4 is 5.32 Å². The number of hydrogen-bond acceptors (Lipinski definition) is 1. The molecule has 0 saturated heterocycles. The van der Waals surface area contributed by atoms with Crippen molar-refractivity contribution in [2.75, 3.05) is 6.54 Å². The molecule has 0 saturated carbocycles. The molecule has 21 heavy (non-hydrogen) atoms. The Bertz CT molecular complexity index is 603. The monoisotopic (exact) mass is 369 g/mol. The average molecular weight is 371 g/mol. The van der Waals surface area contributed by atoms with Crippen LogP contribution in [0.15, 0.2) is 46.9 Å². The molecule has 0 heterocycles. The van der Waals surface area contributed by atoms with Gasteiger partial charge in [-0.2, -0.15) is 0 Å². The molecule has 0 amide bonds. The van der Waals surface area contributed by atoms with Gasteiger partial charge in [-0.15, -0.1) is 0 Å². The van der Waals surface area contributed by atoms with Gasteiger partial charge in [-0.25, -0.2) is 4.39 Å². The molecular weight excluding hydrogens is 353 g/mol. The van der Waals surface area contributed by atoms with Crippen molar-refractivity contribution in [2.45, 2.75) is 25.8 Å². The summed E-state index contributed by atoms with van der Waals surface area (Å²) >= 11 is 9.69. The van der Waals surface area contributed by atoms with E-state index in [1.165, 1.54) is 6.07 Å². The highest BCUT2D eigenvalue weighted by Crippen LogP contribution is 2.29. The van der Waals surface area contributed by atoms with Crippen molar-refractivity contribution in [3.63, 3.8) is 0 Å². The fourth-order valence-corrected chi connectivity index (χ4v) is 3.00. The molecule has 2 rings (SSSR count). The molecule has 0 fully saturated rings.